The van der Waals surface area contributed by atoms with E-state index in [-0.39, 0.29) is 19.0 Å². The van der Waals surface area contributed by atoms with Crippen LogP contribution in [-0.2, 0) is 27.4 Å². The summed E-state index contributed by atoms with van der Waals surface area (Å²) in [7, 11) is 0. The molecule has 3 rings (SSSR count). The fourth-order valence-corrected chi connectivity index (χ4v) is 2.35. The highest BCUT2D eigenvalue weighted by molar-refractivity contribution is 5.17. The van der Waals surface area contributed by atoms with Crippen LogP contribution in [0, 0.1) is 0 Å². The van der Waals surface area contributed by atoms with Crippen LogP contribution in [0.1, 0.15) is 11.1 Å². The lowest BCUT2D eigenvalue weighted by Gasteiger charge is -2.10. The van der Waals surface area contributed by atoms with Crippen LogP contribution < -0.4 is 0 Å². The van der Waals surface area contributed by atoms with Crippen molar-refractivity contribution < 1.29 is 18.6 Å². The van der Waals surface area contributed by atoms with Crippen LogP contribution >= 0.6 is 0 Å². The van der Waals surface area contributed by atoms with E-state index in [1.54, 1.807) is 0 Å². The van der Waals surface area contributed by atoms with Crippen molar-refractivity contribution in [3.63, 3.8) is 0 Å². The maximum absolute atomic E-state index is 13.9. The average molecular weight is 314 g/mol. The van der Waals surface area contributed by atoms with Crippen molar-refractivity contribution >= 4 is 0 Å². The Kier molecular flexibility index (Phi) is 5.27. The lowest BCUT2D eigenvalue weighted by molar-refractivity contribution is 0.0908. The van der Waals surface area contributed by atoms with Crippen LogP contribution in [0.3, 0.4) is 0 Å². The topological polar surface area (TPSA) is 27.7 Å². The van der Waals surface area contributed by atoms with Gasteiger partial charge in [-0.3, -0.25) is 0 Å². The summed E-state index contributed by atoms with van der Waals surface area (Å²) >= 11 is 0. The molecule has 0 aliphatic carbocycles. The smallest absolute Gasteiger partial charge is 0.194 e. The SMILES string of the molecule is FC1COC(COCc2ccccc2)=C1OCc1ccccc1. The number of halogens is 1. The molecule has 0 N–H and O–H groups in total. The van der Waals surface area contributed by atoms with Crippen molar-refractivity contribution in [2.75, 3.05) is 13.2 Å². The molecule has 0 aromatic heterocycles. The Morgan fingerprint density at radius 2 is 1.48 bits per heavy atom. The highest BCUT2D eigenvalue weighted by atomic mass is 19.1. The lowest BCUT2D eigenvalue weighted by Crippen LogP contribution is -2.08. The van der Waals surface area contributed by atoms with Crippen molar-refractivity contribution in [2.24, 2.45) is 0 Å². The summed E-state index contributed by atoms with van der Waals surface area (Å²) < 4.78 is 30.5. The second-order valence-corrected chi connectivity index (χ2v) is 5.32. The normalized spacial score (nSPS) is 17.2. The third-order valence-corrected chi connectivity index (χ3v) is 3.55. The molecule has 1 heterocycles. The van der Waals surface area contributed by atoms with Crippen molar-refractivity contribution in [3.05, 3.63) is 83.3 Å². The molecule has 0 spiro atoms. The van der Waals surface area contributed by atoms with Crippen molar-refractivity contribution in [1.82, 2.24) is 0 Å². The minimum Gasteiger partial charge on any atom is -0.488 e. The van der Waals surface area contributed by atoms with Gasteiger partial charge < -0.3 is 14.2 Å². The van der Waals surface area contributed by atoms with E-state index in [9.17, 15) is 4.39 Å². The van der Waals surface area contributed by atoms with Crippen LogP contribution in [0.2, 0.25) is 0 Å². The first-order valence-electron chi connectivity index (χ1n) is 7.61. The zero-order valence-corrected chi connectivity index (χ0v) is 12.8. The second kappa shape index (κ2) is 7.79. The van der Waals surface area contributed by atoms with Gasteiger partial charge in [-0.1, -0.05) is 60.7 Å². The molecule has 0 saturated heterocycles. The predicted octanol–water partition coefficient (Wildman–Crippen LogP) is 4.00. The fraction of sp³-hybridized carbons (Fsp3) is 0.263. The standard InChI is InChI=1S/C19H19FO3/c20-17-13-22-18(14-21-11-15-7-3-1-4-8-15)19(17)23-12-16-9-5-2-6-10-16/h1-10,17H,11-14H2. The summed E-state index contributed by atoms with van der Waals surface area (Å²) in [5.74, 6) is 0.700. The molecule has 4 heteroatoms. The van der Waals surface area contributed by atoms with Crippen LogP contribution in [0.25, 0.3) is 0 Å². The van der Waals surface area contributed by atoms with E-state index in [1.807, 2.05) is 60.7 Å². The van der Waals surface area contributed by atoms with Crippen molar-refractivity contribution in [2.45, 2.75) is 19.4 Å². The van der Waals surface area contributed by atoms with Crippen molar-refractivity contribution in [3.8, 4) is 0 Å². The van der Waals surface area contributed by atoms with Gasteiger partial charge in [-0.25, -0.2) is 4.39 Å². The van der Waals surface area contributed by atoms with E-state index in [0.717, 1.165) is 11.1 Å². The monoisotopic (exact) mass is 314 g/mol. The Morgan fingerprint density at radius 3 is 2.13 bits per heavy atom. The number of benzene rings is 2. The van der Waals surface area contributed by atoms with E-state index < -0.39 is 6.17 Å². The van der Waals surface area contributed by atoms with Crippen molar-refractivity contribution in [1.29, 1.82) is 0 Å². The first-order chi connectivity index (χ1) is 11.3. The number of ether oxygens (including phenoxy) is 3. The highest BCUT2D eigenvalue weighted by Gasteiger charge is 2.29. The van der Waals surface area contributed by atoms with Gasteiger partial charge in [0.2, 0.25) is 0 Å². The maximum Gasteiger partial charge on any atom is 0.194 e. The van der Waals surface area contributed by atoms with Gasteiger partial charge in [-0.05, 0) is 11.1 Å². The number of hydrogen-bond donors (Lipinski definition) is 0. The summed E-state index contributed by atoms with van der Waals surface area (Å²) in [5.41, 5.74) is 2.05. The Morgan fingerprint density at radius 1 is 0.870 bits per heavy atom. The Labute approximate surface area is 135 Å². The van der Waals surface area contributed by atoms with Crippen LogP contribution in [0.15, 0.2) is 72.2 Å². The van der Waals surface area contributed by atoms with Gasteiger partial charge in [0.1, 0.15) is 19.8 Å². The molecular formula is C19H19FO3. The number of alkyl halides is 1. The molecule has 0 radical (unpaired) electrons. The van der Waals surface area contributed by atoms with Gasteiger partial charge in [-0.15, -0.1) is 0 Å². The van der Waals surface area contributed by atoms with E-state index in [0.29, 0.717) is 19.0 Å². The maximum atomic E-state index is 13.9. The Balaban J connectivity index is 1.55. The third kappa shape index (κ3) is 4.33. The molecule has 1 atom stereocenters. The summed E-state index contributed by atoms with van der Waals surface area (Å²) in [5, 5.41) is 0. The minimum atomic E-state index is -1.23. The van der Waals surface area contributed by atoms with E-state index in [2.05, 4.69) is 0 Å². The van der Waals surface area contributed by atoms with Gasteiger partial charge in [-0.2, -0.15) is 0 Å². The second-order valence-electron chi connectivity index (χ2n) is 5.32. The first-order valence-corrected chi connectivity index (χ1v) is 7.61. The number of rotatable bonds is 7. The largest absolute Gasteiger partial charge is 0.488 e. The van der Waals surface area contributed by atoms with Crippen LogP contribution in [0.5, 0.6) is 0 Å². The van der Waals surface area contributed by atoms with Gasteiger partial charge in [0.25, 0.3) is 0 Å². The molecule has 2 aromatic rings. The Bertz CT molecular complexity index is 640. The molecular weight excluding hydrogens is 295 g/mol. The lowest BCUT2D eigenvalue weighted by atomic mass is 10.2. The Hall–Kier alpha value is -2.33. The molecule has 0 saturated carbocycles. The predicted molar refractivity (Wildman–Crippen MR) is 85.2 cm³/mol. The van der Waals surface area contributed by atoms with E-state index >= 15 is 0 Å². The summed E-state index contributed by atoms with van der Waals surface area (Å²) in [6.45, 7) is 0.979. The molecule has 0 fully saturated rings. The van der Waals surface area contributed by atoms with E-state index in [1.165, 1.54) is 0 Å². The molecule has 3 nitrogen and oxygen atoms in total. The zero-order valence-electron chi connectivity index (χ0n) is 12.8. The molecule has 1 unspecified atom stereocenters. The molecule has 23 heavy (non-hydrogen) atoms. The zero-order chi connectivity index (χ0) is 15.9. The summed E-state index contributed by atoms with van der Waals surface area (Å²) in [6, 6.07) is 19.5. The minimum absolute atomic E-state index is 0.00580. The molecule has 0 bridgehead atoms. The van der Waals surface area contributed by atoms with Gasteiger partial charge in [0, 0.05) is 0 Å². The van der Waals surface area contributed by atoms with Gasteiger partial charge >= 0.3 is 0 Å². The first kappa shape index (κ1) is 15.6. The molecule has 120 valence electrons. The summed E-state index contributed by atoms with van der Waals surface area (Å²) in [4.78, 5) is 0. The van der Waals surface area contributed by atoms with Crippen LogP contribution in [-0.4, -0.2) is 19.4 Å². The third-order valence-electron chi connectivity index (χ3n) is 3.55. The molecule has 1 aliphatic heterocycles. The fourth-order valence-electron chi connectivity index (χ4n) is 2.35. The highest BCUT2D eigenvalue weighted by Crippen LogP contribution is 2.25. The van der Waals surface area contributed by atoms with Crippen LogP contribution in [0.4, 0.5) is 4.39 Å². The quantitative estimate of drug-likeness (QED) is 0.773. The molecule has 2 aromatic carbocycles. The average Bonchev–Trinajstić information content (AvgIpc) is 2.95. The molecule has 1 aliphatic rings. The summed E-state index contributed by atoms with van der Waals surface area (Å²) in [6.07, 6.45) is -1.23. The van der Waals surface area contributed by atoms with Gasteiger partial charge in [0.05, 0.1) is 6.61 Å². The van der Waals surface area contributed by atoms with E-state index in [4.69, 9.17) is 14.2 Å². The molecule has 0 amide bonds. The van der Waals surface area contributed by atoms with Gasteiger partial charge in [0.15, 0.2) is 17.7 Å². The number of hydrogen-bond acceptors (Lipinski definition) is 3.